The number of amides is 1. The SMILES string of the molecule is C[C@H]1CC[C@H](N(C)C(=O)OC(C)(C)C)CN1. The summed E-state index contributed by atoms with van der Waals surface area (Å²) in [4.78, 5) is 13.5. The van der Waals surface area contributed by atoms with Crippen LogP contribution in [0.5, 0.6) is 0 Å². The van der Waals surface area contributed by atoms with Gasteiger partial charge < -0.3 is 15.0 Å². The Morgan fingerprint density at radius 1 is 1.38 bits per heavy atom. The minimum atomic E-state index is -0.416. The first kappa shape index (κ1) is 13.3. The second kappa shape index (κ2) is 5.04. The molecular formula is C12H24N2O2. The van der Waals surface area contributed by atoms with Gasteiger partial charge in [0.25, 0.3) is 0 Å². The van der Waals surface area contributed by atoms with Crippen LogP contribution in [0.1, 0.15) is 40.5 Å². The van der Waals surface area contributed by atoms with Crippen molar-refractivity contribution in [2.75, 3.05) is 13.6 Å². The maximum atomic E-state index is 11.8. The largest absolute Gasteiger partial charge is 0.444 e. The fourth-order valence-corrected chi connectivity index (χ4v) is 1.80. The molecule has 1 N–H and O–H groups in total. The first-order valence-corrected chi connectivity index (χ1v) is 5.99. The number of ether oxygens (including phenoxy) is 1. The second-order valence-electron chi connectivity index (χ2n) is 5.63. The molecule has 1 saturated heterocycles. The van der Waals surface area contributed by atoms with Crippen LogP contribution in [-0.4, -0.2) is 42.3 Å². The highest BCUT2D eigenvalue weighted by molar-refractivity contribution is 5.68. The van der Waals surface area contributed by atoms with E-state index in [9.17, 15) is 4.79 Å². The third-order valence-electron chi connectivity index (χ3n) is 2.86. The molecule has 1 rings (SSSR count). The molecule has 0 unspecified atom stereocenters. The van der Waals surface area contributed by atoms with Crippen LogP contribution in [0.15, 0.2) is 0 Å². The maximum absolute atomic E-state index is 11.8. The Morgan fingerprint density at radius 3 is 2.44 bits per heavy atom. The number of hydrogen-bond acceptors (Lipinski definition) is 3. The van der Waals surface area contributed by atoms with E-state index in [1.807, 2.05) is 27.8 Å². The molecule has 1 heterocycles. The minimum Gasteiger partial charge on any atom is -0.444 e. The average molecular weight is 228 g/mol. The van der Waals surface area contributed by atoms with E-state index in [2.05, 4.69) is 12.2 Å². The van der Waals surface area contributed by atoms with Crippen molar-refractivity contribution in [1.29, 1.82) is 0 Å². The van der Waals surface area contributed by atoms with Crippen molar-refractivity contribution in [3.63, 3.8) is 0 Å². The Labute approximate surface area is 98.3 Å². The van der Waals surface area contributed by atoms with Gasteiger partial charge in [-0.1, -0.05) is 0 Å². The Bertz CT molecular complexity index is 240. The van der Waals surface area contributed by atoms with Crippen LogP contribution in [0.25, 0.3) is 0 Å². The van der Waals surface area contributed by atoms with Gasteiger partial charge in [-0.05, 0) is 40.5 Å². The van der Waals surface area contributed by atoms with E-state index in [0.29, 0.717) is 6.04 Å². The van der Waals surface area contributed by atoms with Gasteiger partial charge in [0, 0.05) is 25.7 Å². The van der Waals surface area contributed by atoms with Crippen LogP contribution < -0.4 is 5.32 Å². The fraction of sp³-hybridized carbons (Fsp3) is 0.917. The number of piperidine rings is 1. The maximum Gasteiger partial charge on any atom is 0.410 e. The smallest absolute Gasteiger partial charge is 0.410 e. The molecule has 1 aliphatic heterocycles. The lowest BCUT2D eigenvalue weighted by molar-refractivity contribution is 0.0192. The van der Waals surface area contributed by atoms with Gasteiger partial charge in [0.05, 0.1) is 0 Å². The summed E-state index contributed by atoms with van der Waals surface area (Å²) in [6, 6.07) is 0.814. The summed E-state index contributed by atoms with van der Waals surface area (Å²) in [6.45, 7) is 8.69. The highest BCUT2D eigenvalue weighted by Crippen LogP contribution is 2.16. The predicted molar refractivity (Wildman–Crippen MR) is 64.5 cm³/mol. The van der Waals surface area contributed by atoms with E-state index in [1.165, 1.54) is 0 Å². The number of nitrogens with zero attached hydrogens (tertiary/aromatic N) is 1. The van der Waals surface area contributed by atoms with Crippen molar-refractivity contribution in [2.45, 2.75) is 58.2 Å². The zero-order valence-corrected chi connectivity index (χ0v) is 11.0. The summed E-state index contributed by atoms with van der Waals surface area (Å²) >= 11 is 0. The Morgan fingerprint density at radius 2 is 2.00 bits per heavy atom. The Balaban J connectivity index is 2.45. The summed E-state index contributed by atoms with van der Waals surface area (Å²) in [5.74, 6) is 0. The molecule has 1 amide bonds. The van der Waals surface area contributed by atoms with Gasteiger partial charge in [0.2, 0.25) is 0 Å². The molecule has 0 aromatic rings. The molecule has 2 atom stereocenters. The average Bonchev–Trinajstić information content (AvgIpc) is 2.15. The molecule has 94 valence electrons. The molecule has 4 heteroatoms. The van der Waals surface area contributed by atoms with Gasteiger partial charge >= 0.3 is 6.09 Å². The van der Waals surface area contributed by atoms with Crippen LogP contribution in [0.3, 0.4) is 0 Å². The van der Waals surface area contributed by atoms with E-state index in [4.69, 9.17) is 4.74 Å². The van der Waals surface area contributed by atoms with Gasteiger partial charge in [-0.3, -0.25) is 0 Å². The van der Waals surface area contributed by atoms with E-state index in [0.717, 1.165) is 19.4 Å². The van der Waals surface area contributed by atoms with Crippen LogP contribution in [0.4, 0.5) is 4.79 Å². The van der Waals surface area contributed by atoms with Gasteiger partial charge in [-0.25, -0.2) is 4.79 Å². The van der Waals surface area contributed by atoms with Crippen molar-refractivity contribution in [1.82, 2.24) is 10.2 Å². The highest BCUT2D eigenvalue weighted by Gasteiger charge is 2.27. The third-order valence-corrected chi connectivity index (χ3v) is 2.86. The van der Waals surface area contributed by atoms with E-state index < -0.39 is 5.60 Å². The quantitative estimate of drug-likeness (QED) is 0.746. The Kier molecular flexibility index (Phi) is 4.19. The standard InChI is InChI=1S/C12H24N2O2/c1-9-6-7-10(8-13-9)14(5)11(15)16-12(2,3)4/h9-10,13H,6-8H2,1-5H3/t9-,10-/m0/s1. The number of carbonyl (C=O) groups excluding carboxylic acids is 1. The van der Waals surface area contributed by atoms with Gasteiger partial charge in [-0.2, -0.15) is 0 Å². The lowest BCUT2D eigenvalue weighted by atomic mass is 10.0. The van der Waals surface area contributed by atoms with Crippen molar-refractivity contribution in [2.24, 2.45) is 0 Å². The predicted octanol–water partition coefficient (Wildman–Crippen LogP) is 1.99. The zero-order chi connectivity index (χ0) is 12.3. The molecule has 1 fully saturated rings. The summed E-state index contributed by atoms with van der Waals surface area (Å²) < 4.78 is 5.34. The molecule has 0 saturated carbocycles. The monoisotopic (exact) mass is 228 g/mol. The molecule has 0 aliphatic carbocycles. The molecule has 1 aliphatic rings. The van der Waals surface area contributed by atoms with Crippen LogP contribution in [0, 0.1) is 0 Å². The van der Waals surface area contributed by atoms with Crippen LogP contribution in [-0.2, 0) is 4.74 Å². The molecule has 4 nitrogen and oxygen atoms in total. The third kappa shape index (κ3) is 4.00. The van der Waals surface area contributed by atoms with Gasteiger partial charge in [0.1, 0.15) is 5.60 Å². The number of hydrogen-bond donors (Lipinski definition) is 1. The lowest BCUT2D eigenvalue weighted by Gasteiger charge is -2.35. The topological polar surface area (TPSA) is 41.6 Å². The van der Waals surface area contributed by atoms with Crippen molar-refractivity contribution in [3.05, 3.63) is 0 Å². The number of carbonyl (C=O) groups is 1. The van der Waals surface area contributed by atoms with E-state index in [-0.39, 0.29) is 12.1 Å². The summed E-state index contributed by atoms with van der Waals surface area (Å²) in [5.41, 5.74) is -0.416. The van der Waals surface area contributed by atoms with Crippen molar-refractivity contribution < 1.29 is 9.53 Å². The first-order chi connectivity index (χ1) is 7.29. The second-order valence-corrected chi connectivity index (χ2v) is 5.63. The summed E-state index contributed by atoms with van der Waals surface area (Å²) in [5, 5.41) is 3.38. The normalized spacial score (nSPS) is 26.3. The molecule has 16 heavy (non-hydrogen) atoms. The first-order valence-electron chi connectivity index (χ1n) is 5.99. The molecular weight excluding hydrogens is 204 g/mol. The van der Waals surface area contributed by atoms with E-state index >= 15 is 0 Å². The lowest BCUT2D eigenvalue weighted by Crippen LogP contribution is -2.50. The number of likely N-dealkylation sites (N-methyl/N-ethyl adjacent to an activating group) is 1. The molecule has 0 radical (unpaired) electrons. The number of rotatable bonds is 1. The van der Waals surface area contributed by atoms with Crippen LogP contribution >= 0.6 is 0 Å². The summed E-state index contributed by atoms with van der Waals surface area (Å²) in [6.07, 6.45) is 1.93. The van der Waals surface area contributed by atoms with Crippen LogP contribution in [0.2, 0.25) is 0 Å². The zero-order valence-electron chi connectivity index (χ0n) is 11.0. The summed E-state index contributed by atoms with van der Waals surface area (Å²) in [7, 11) is 1.82. The van der Waals surface area contributed by atoms with E-state index in [1.54, 1.807) is 4.90 Å². The van der Waals surface area contributed by atoms with Crippen molar-refractivity contribution >= 4 is 6.09 Å². The molecule has 0 aromatic carbocycles. The fourth-order valence-electron chi connectivity index (χ4n) is 1.80. The minimum absolute atomic E-state index is 0.228. The number of nitrogens with one attached hydrogen (secondary N) is 1. The Hall–Kier alpha value is -0.770. The highest BCUT2D eigenvalue weighted by atomic mass is 16.6. The van der Waals surface area contributed by atoms with Crippen molar-refractivity contribution in [3.8, 4) is 0 Å². The van der Waals surface area contributed by atoms with Gasteiger partial charge in [-0.15, -0.1) is 0 Å². The molecule has 0 spiro atoms. The molecule has 0 aromatic heterocycles. The van der Waals surface area contributed by atoms with Gasteiger partial charge in [0.15, 0.2) is 0 Å². The molecule has 0 bridgehead atoms.